The Morgan fingerprint density at radius 3 is 2.90 bits per heavy atom. The van der Waals surface area contributed by atoms with Gasteiger partial charge in [-0.1, -0.05) is 0 Å². The summed E-state index contributed by atoms with van der Waals surface area (Å²) in [6, 6.07) is 0. The molecule has 0 aromatic carbocycles. The molecule has 0 aromatic heterocycles. The number of aliphatic carboxylic acids is 1. The predicted molar refractivity (Wildman–Crippen MR) is 34.4 cm³/mol. The number of carbonyl (C=O) groups is 1. The Balaban J connectivity index is 0.000000810. The van der Waals surface area contributed by atoms with E-state index in [-0.39, 0.29) is 25.3 Å². The molecule has 0 aromatic rings. The molecule has 0 saturated carbocycles. The van der Waals surface area contributed by atoms with Gasteiger partial charge in [0.25, 0.3) is 0 Å². The number of hydrogen-bond acceptors (Lipinski definition) is 4. The molecule has 0 atom stereocenters. The number of aliphatic imine (C=N–C) groups is 1. The second-order valence-electron chi connectivity index (χ2n) is 1.67. The van der Waals surface area contributed by atoms with Gasteiger partial charge in [-0.2, -0.15) is 0 Å². The Bertz CT molecular complexity index is 160. The third-order valence-corrected chi connectivity index (χ3v) is 1.94. The minimum Gasteiger partial charge on any atom is -0.550 e. The van der Waals surface area contributed by atoms with E-state index in [1.807, 2.05) is 0 Å². The van der Waals surface area contributed by atoms with Crippen molar-refractivity contribution in [1.82, 2.24) is 0 Å². The van der Waals surface area contributed by atoms with Crippen molar-refractivity contribution in [2.24, 2.45) is 4.99 Å². The van der Waals surface area contributed by atoms with Crippen LogP contribution in [0.1, 0.15) is 6.42 Å². The monoisotopic (exact) mass is 151 g/mol. The van der Waals surface area contributed by atoms with Crippen molar-refractivity contribution in [3.8, 4) is 0 Å². The van der Waals surface area contributed by atoms with E-state index in [2.05, 4.69) is 4.99 Å². The summed E-state index contributed by atoms with van der Waals surface area (Å²) in [7, 11) is 0. The summed E-state index contributed by atoms with van der Waals surface area (Å²) in [4.78, 5) is 13.9. The van der Waals surface area contributed by atoms with Crippen LogP contribution >= 0.6 is 11.8 Å². The van der Waals surface area contributed by atoms with Crippen LogP contribution in [0.3, 0.4) is 0 Å². The van der Waals surface area contributed by atoms with Crippen molar-refractivity contribution < 1.29 is 28.8 Å². The third kappa shape index (κ3) is 3.30. The van der Waals surface area contributed by atoms with Crippen molar-refractivity contribution in [2.75, 3.05) is 12.3 Å². The molecule has 0 radical (unpaired) electrons. The van der Waals surface area contributed by atoms with Crippen molar-refractivity contribution in [2.45, 2.75) is 6.42 Å². The zero-order valence-corrected chi connectivity index (χ0v) is 6.61. The van der Waals surface area contributed by atoms with Gasteiger partial charge in [-0.15, -0.1) is 11.8 Å². The summed E-state index contributed by atoms with van der Waals surface area (Å²) < 4.78 is 0. The van der Waals surface area contributed by atoms with Crippen molar-refractivity contribution in [1.29, 1.82) is 0 Å². The molecule has 0 spiro atoms. The largest absolute Gasteiger partial charge is 1.00 e. The summed E-state index contributed by atoms with van der Waals surface area (Å²) in [5.41, 5.74) is 0. The van der Waals surface area contributed by atoms with Gasteiger partial charge in [-0.05, 0) is 0 Å². The van der Waals surface area contributed by atoms with Gasteiger partial charge in [0.1, 0.15) is 0 Å². The van der Waals surface area contributed by atoms with Gasteiger partial charge < -0.3 is 9.90 Å². The number of nitrogens with zero attached hydrogens (tertiary/aromatic N) is 1. The maximum Gasteiger partial charge on any atom is 1.00 e. The minimum absolute atomic E-state index is 0. The normalized spacial score (nSPS) is 15.8. The second kappa shape index (κ2) is 4.84. The van der Waals surface area contributed by atoms with E-state index >= 15 is 0 Å². The van der Waals surface area contributed by atoms with Crippen molar-refractivity contribution in [3.63, 3.8) is 0 Å². The van der Waals surface area contributed by atoms with Crippen LogP contribution in [0, 0.1) is 0 Å². The summed E-state index contributed by atoms with van der Waals surface area (Å²) in [6.07, 6.45) is -0.00926. The molecule has 1 aliphatic heterocycles. The Morgan fingerprint density at radius 2 is 2.50 bits per heavy atom. The van der Waals surface area contributed by atoms with Gasteiger partial charge in [-0.3, -0.25) is 4.99 Å². The van der Waals surface area contributed by atoms with Crippen LogP contribution < -0.4 is 24.0 Å². The average molecular weight is 151 g/mol. The fraction of sp³-hybridized carbons (Fsp3) is 0.600. The SMILES string of the molecule is O=C([O-])CC1=NCCS1.[Li+]. The van der Waals surface area contributed by atoms with Crippen molar-refractivity contribution in [3.05, 3.63) is 0 Å². The van der Waals surface area contributed by atoms with E-state index in [0.717, 1.165) is 12.3 Å². The molecular formula is C5H6LiNO2S. The first kappa shape index (κ1) is 10.1. The molecule has 3 nitrogen and oxygen atoms in total. The molecule has 0 aliphatic carbocycles. The van der Waals surface area contributed by atoms with E-state index in [1.54, 1.807) is 0 Å². The number of carboxylic acids is 1. The van der Waals surface area contributed by atoms with Gasteiger partial charge >= 0.3 is 18.9 Å². The Hall–Kier alpha value is 0.0874. The van der Waals surface area contributed by atoms with E-state index in [9.17, 15) is 9.90 Å². The van der Waals surface area contributed by atoms with Gasteiger partial charge in [0.2, 0.25) is 0 Å². The van der Waals surface area contributed by atoms with Gasteiger partial charge in [0.15, 0.2) is 0 Å². The molecule has 1 heterocycles. The summed E-state index contributed by atoms with van der Waals surface area (Å²) in [5, 5.41) is 10.7. The summed E-state index contributed by atoms with van der Waals surface area (Å²) in [5.74, 6) is -0.119. The Labute approximate surface area is 75.5 Å². The first-order valence-electron chi connectivity index (χ1n) is 2.65. The topological polar surface area (TPSA) is 52.5 Å². The molecule has 50 valence electrons. The van der Waals surface area contributed by atoms with E-state index in [1.165, 1.54) is 11.8 Å². The van der Waals surface area contributed by atoms with Crippen LogP contribution in [0.4, 0.5) is 0 Å². The maximum absolute atomic E-state index is 9.95. The van der Waals surface area contributed by atoms with Gasteiger partial charge in [-0.25, -0.2) is 0 Å². The molecule has 10 heavy (non-hydrogen) atoms. The smallest absolute Gasteiger partial charge is 0.550 e. The van der Waals surface area contributed by atoms with Crippen molar-refractivity contribution >= 4 is 22.8 Å². The molecule has 0 unspecified atom stereocenters. The maximum atomic E-state index is 9.95. The predicted octanol–water partition coefficient (Wildman–Crippen LogP) is -3.72. The van der Waals surface area contributed by atoms with Crippen LogP contribution in [0.2, 0.25) is 0 Å². The molecule has 1 rings (SSSR count). The minimum atomic E-state index is -1.04. The average Bonchev–Trinajstić information content (AvgIpc) is 2.15. The fourth-order valence-electron chi connectivity index (χ4n) is 0.610. The Morgan fingerprint density at radius 1 is 1.80 bits per heavy atom. The molecular weight excluding hydrogens is 145 g/mol. The van der Waals surface area contributed by atoms with Crippen LogP contribution in [0.15, 0.2) is 4.99 Å². The first-order chi connectivity index (χ1) is 4.29. The molecule has 0 amide bonds. The molecule has 0 N–H and O–H groups in total. The van der Waals surface area contributed by atoms with Crippen LogP contribution in [0.5, 0.6) is 0 Å². The number of hydrogen-bond donors (Lipinski definition) is 0. The number of carbonyl (C=O) groups excluding carboxylic acids is 1. The van der Waals surface area contributed by atoms with Crippen LogP contribution in [0.25, 0.3) is 0 Å². The Kier molecular flexibility index (Phi) is 4.88. The molecule has 0 bridgehead atoms. The molecule has 0 fully saturated rings. The standard InChI is InChI=1S/C5H7NO2S.Li/c7-5(8)3-4-6-1-2-9-4;/h1-3H2,(H,7,8);/q;+1/p-1. The first-order valence-corrected chi connectivity index (χ1v) is 3.63. The quantitative estimate of drug-likeness (QED) is 0.381. The zero-order valence-electron chi connectivity index (χ0n) is 5.79. The van der Waals surface area contributed by atoms with Gasteiger partial charge in [0, 0.05) is 24.7 Å². The fourth-order valence-corrected chi connectivity index (χ4v) is 1.43. The number of carboxylic acid groups (broad SMARTS) is 1. The van der Waals surface area contributed by atoms with Crippen LogP contribution in [-0.4, -0.2) is 23.3 Å². The van der Waals surface area contributed by atoms with Gasteiger partial charge in [0.05, 0.1) is 5.04 Å². The zero-order chi connectivity index (χ0) is 6.69. The van der Waals surface area contributed by atoms with E-state index < -0.39 is 5.97 Å². The van der Waals surface area contributed by atoms with E-state index in [4.69, 9.17) is 0 Å². The summed E-state index contributed by atoms with van der Waals surface area (Å²) in [6.45, 7) is 0.757. The van der Waals surface area contributed by atoms with Crippen LogP contribution in [-0.2, 0) is 4.79 Å². The second-order valence-corrected chi connectivity index (χ2v) is 2.84. The molecule has 5 heteroatoms. The summed E-state index contributed by atoms with van der Waals surface area (Å²) >= 11 is 1.50. The number of thioether (sulfide) groups is 1. The van der Waals surface area contributed by atoms with E-state index in [0.29, 0.717) is 5.04 Å². The molecule has 0 saturated heterocycles. The third-order valence-electron chi connectivity index (χ3n) is 0.944. The molecule has 1 aliphatic rings. The number of rotatable bonds is 2.